The first-order valence-corrected chi connectivity index (χ1v) is 19.1. The van der Waals surface area contributed by atoms with Crippen LogP contribution in [0.2, 0.25) is 0 Å². The van der Waals surface area contributed by atoms with Crippen LogP contribution in [0.5, 0.6) is 0 Å². The zero-order valence-corrected chi connectivity index (χ0v) is 36.4. The molecule has 0 saturated heterocycles. The van der Waals surface area contributed by atoms with Crippen LogP contribution in [-0.4, -0.2) is 25.8 Å². The molecule has 5 rings (SSSR count). The average molecular weight is 925 g/mol. The van der Waals surface area contributed by atoms with E-state index in [2.05, 4.69) is 47.9 Å². The molecule has 2 aromatic heterocycles. The maximum Gasteiger partial charge on any atom is 0.162 e. The summed E-state index contributed by atoms with van der Waals surface area (Å²) < 4.78 is 67.6. The molecule has 0 unspecified atom stereocenters. The third-order valence-electron chi connectivity index (χ3n) is 9.56. The molecule has 0 aliphatic carbocycles. The molecule has 0 atom stereocenters. The number of carbonyl (C=O) groups excluding carboxylic acids is 1. The molecule has 0 fully saturated rings. The number of allylic oxidation sites excluding steroid dienone is 2. The van der Waals surface area contributed by atoms with Gasteiger partial charge in [0, 0.05) is 83.4 Å². The molecule has 0 amide bonds. The molecule has 5 nitrogen and oxygen atoms in total. The Kier molecular flexibility index (Phi) is 12.3. The second-order valence-electron chi connectivity index (χ2n) is 15.9. The Morgan fingerprint density at radius 3 is 1.98 bits per heavy atom. The Labute approximate surface area is 356 Å². The fraction of sp³-hybridized carbons (Fsp3) is 0.429. The fourth-order valence-electron chi connectivity index (χ4n) is 6.50. The van der Waals surface area contributed by atoms with E-state index in [1.54, 1.807) is 57.2 Å². The summed E-state index contributed by atoms with van der Waals surface area (Å²) in [5.74, 6) is 0.479. The van der Waals surface area contributed by atoms with Gasteiger partial charge in [-0.05, 0) is 73.8 Å². The van der Waals surface area contributed by atoms with Gasteiger partial charge in [0.2, 0.25) is 0 Å². The van der Waals surface area contributed by atoms with Crippen molar-refractivity contribution in [3.05, 3.63) is 113 Å². The van der Waals surface area contributed by atoms with E-state index in [0.29, 0.717) is 27.9 Å². The molecule has 0 aliphatic heterocycles. The van der Waals surface area contributed by atoms with E-state index in [0.717, 1.165) is 42.0 Å². The number of ketones is 1. The van der Waals surface area contributed by atoms with E-state index >= 15 is 0 Å². The van der Waals surface area contributed by atoms with Gasteiger partial charge in [0.25, 0.3) is 0 Å². The molecule has 0 aliphatic rings. The molecule has 2 heterocycles. The first-order valence-electron chi connectivity index (χ1n) is 23.1. The minimum absolute atomic E-state index is 0. The van der Waals surface area contributed by atoms with E-state index in [4.69, 9.17) is 11.0 Å². The van der Waals surface area contributed by atoms with Gasteiger partial charge in [-0.3, -0.25) is 9.78 Å². The van der Waals surface area contributed by atoms with Crippen LogP contribution in [-0.2, 0) is 36.7 Å². The van der Waals surface area contributed by atoms with Crippen LogP contribution in [0, 0.1) is 37.0 Å². The number of nitrogens with zero attached hydrogens (tertiary/aromatic N) is 3. The third kappa shape index (κ3) is 12.0. The predicted molar refractivity (Wildman–Crippen MR) is 228 cm³/mol. The number of aliphatic hydroxyl groups is 1. The monoisotopic (exact) mass is 925 g/mol. The smallest absolute Gasteiger partial charge is 0.162 e. The maximum absolute atomic E-state index is 11.7. The van der Waals surface area contributed by atoms with Crippen molar-refractivity contribution in [2.75, 3.05) is 0 Å². The molecule has 0 bridgehead atoms. The van der Waals surface area contributed by atoms with Crippen molar-refractivity contribution < 1.29 is 41.0 Å². The first-order chi connectivity index (χ1) is 28.7. The molecule has 1 radical (unpaired) electrons. The summed E-state index contributed by atoms with van der Waals surface area (Å²) in [6.45, 7) is 14.3. The molecule has 0 spiro atoms. The fourth-order valence-corrected chi connectivity index (χ4v) is 6.50. The molecular formula is C49H62IrN3O2-. The third-order valence-corrected chi connectivity index (χ3v) is 9.56. The van der Waals surface area contributed by atoms with Crippen molar-refractivity contribution in [3.63, 3.8) is 0 Å². The SMILES string of the molecule is CCC(CC)C(=O)/C=C(\O)C(CC)CC.[2H]C([2H])([2H])c1nc(-c2ccc(C([2H])([2H])C(C)(C)C)cc2)nc(C([2H])([2H])[2H])c1-c1ccnc(-c2[c-]c3ccccc3c(C(C)(C)C)c2)c1.[Ir]. The Morgan fingerprint density at radius 2 is 1.44 bits per heavy atom. The van der Waals surface area contributed by atoms with E-state index in [-0.39, 0.29) is 60.3 Å². The summed E-state index contributed by atoms with van der Waals surface area (Å²) in [6.07, 6.45) is 4.77. The molecule has 0 saturated carbocycles. The number of aryl methyl sites for hydroxylation is 2. The van der Waals surface area contributed by atoms with Gasteiger partial charge < -0.3 is 5.11 Å². The Hall–Kier alpha value is -3.99. The van der Waals surface area contributed by atoms with Crippen molar-refractivity contribution in [2.45, 2.75) is 120 Å². The van der Waals surface area contributed by atoms with Gasteiger partial charge >= 0.3 is 0 Å². The number of carbonyl (C=O) groups is 1. The van der Waals surface area contributed by atoms with Crippen molar-refractivity contribution in [3.8, 4) is 33.8 Å². The maximum atomic E-state index is 11.7. The minimum Gasteiger partial charge on any atom is -0.512 e. The summed E-state index contributed by atoms with van der Waals surface area (Å²) in [6, 6.07) is 23.0. The number of aliphatic hydroxyl groups excluding tert-OH is 1. The molecule has 295 valence electrons. The molecular weight excluding hydrogens is 855 g/mol. The summed E-state index contributed by atoms with van der Waals surface area (Å²) >= 11 is 0. The van der Waals surface area contributed by atoms with Crippen molar-refractivity contribution in [1.29, 1.82) is 0 Å². The number of hydrogen-bond donors (Lipinski definition) is 1. The number of pyridine rings is 1. The number of fused-ring (bicyclic) bond motifs is 1. The largest absolute Gasteiger partial charge is 0.512 e. The van der Waals surface area contributed by atoms with E-state index in [1.807, 2.05) is 52.0 Å². The van der Waals surface area contributed by atoms with Gasteiger partial charge in [0.1, 0.15) is 0 Å². The van der Waals surface area contributed by atoms with Crippen LogP contribution >= 0.6 is 0 Å². The molecule has 55 heavy (non-hydrogen) atoms. The predicted octanol–water partition coefficient (Wildman–Crippen LogP) is 13.2. The number of benzene rings is 3. The number of rotatable bonds is 11. The van der Waals surface area contributed by atoms with Crippen molar-refractivity contribution >= 4 is 16.6 Å². The van der Waals surface area contributed by atoms with Crippen LogP contribution in [0.25, 0.3) is 44.5 Å². The molecule has 1 N–H and O–H groups in total. The van der Waals surface area contributed by atoms with Crippen LogP contribution in [0.4, 0.5) is 0 Å². The van der Waals surface area contributed by atoms with E-state index in [9.17, 15) is 9.90 Å². The number of aromatic nitrogens is 3. The quantitative estimate of drug-likeness (QED) is 0.0811. The van der Waals surface area contributed by atoms with Crippen molar-refractivity contribution in [2.24, 2.45) is 17.3 Å². The number of hydrogen-bond acceptors (Lipinski definition) is 5. The van der Waals surface area contributed by atoms with Gasteiger partial charge in [-0.1, -0.05) is 129 Å². The van der Waals surface area contributed by atoms with Gasteiger partial charge in [-0.25, -0.2) is 9.97 Å². The zero-order valence-electron chi connectivity index (χ0n) is 42.0. The second kappa shape index (κ2) is 19.7. The summed E-state index contributed by atoms with van der Waals surface area (Å²) in [4.78, 5) is 25.2. The van der Waals surface area contributed by atoms with E-state index in [1.165, 1.54) is 12.3 Å². The van der Waals surface area contributed by atoms with Crippen LogP contribution < -0.4 is 0 Å². The first kappa shape index (κ1) is 34.3. The molecule has 5 aromatic rings. The topological polar surface area (TPSA) is 76.0 Å². The van der Waals surface area contributed by atoms with Gasteiger partial charge in [-0.2, -0.15) is 0 Å². The summed E-state index contributed by atoms with van der Waals surface area (Å²) in [5.41, 5.74) is 1.65. The minimum atomic E-state index is -2.78. The standard InChI is InChI=1S/C36H38N3.C13H24O2.Ir/c1-23-33(24(2)39-34(38-23)26-15-13-25(14-16-26)22-35(3,4)5)28-17-18-37-32(21-28)29-19-27-11-9-10-12-30(27)31(20-29)36(6,7)8;1-5-10(6-2)12(14)9-13(15)11(7-3)8-4;/h9-18,20-21H,22H2,1-8H3;9-11,14H,5-8H2,1-4H3;/q-1;;/b;12-9-;/i1D3,2D3,22D2;;. The van der Waals surface area contributed by atoms with Crippen LogP contribution in [0.3, 0.4) is 0 Å². The average Bonchev–Trinajstić information content (AvgIpc) is 3.19. The molecule has 3 aromatic carbocycles. The molecule has 6 heteroatoms. The Balaban J connectivity index is 0.000000565. The second-order valence-corrected chi connectivity index (χ2v) is 15.9. The summed E-state index contributed by atoms with van der Waals surface area (Å²) in [5, 5.41) is 11.7. The Morgan fingerprint density at radius 1 is 0.836 bits per heavy atom. The van der Waals surface area contributed by atoms with Gasteiger partial charge in [0.15, 0.2) is 11.6 Å². The van der Waals surface area contributed by atoms with E-state index < -0.39 is 36.9 Å². The van der Waals surface area contributed by atoms with Crippen LogP contribution in [0.15, 0.2) is 84.8 Å². The summed E-state index contributed by atoms with van der Waals surface area (Å²) in [7, 11) is 0. The van der Waals surface area contributed by atoms with Crippen molar-refractivity contribution in [1.82, 2.24) is 15.0 Å². The van der Waals surface area contributed by atoms with Gasteiger partial charge in [0.05, 0.1) is 5.76 Å². The zero-order chi connectivity index (χ0) is 46.6. The Bertz CT molecular complexity index is 2340. The van der Waals surface area contributed by atoms with Gasteiger partial charge in [-0.15, -0.1) is 29.1 Å². The normalized spacial score (nSPS) is 14.9. The van der Waals surface area contributed by atoms with Crippen LogP contribution in [0.1, 0.15) is 128 Å².